The third kappa shape index (κ3) is 895. The molecular weight excluding hydrogens is 157 g/mol. The Morgan fingerprint density at radius 1 is 1.00 bits per heavy atom. The van der Waals surface area contributed by atoms with Gasteiger partial charge in [0.15, 0.2) is 0 Å². The predicted octanol–water partition coefficient (Wildman–Crippen LogP) is -8.60. The first-order chi connectivity index (χ1) is 1.73. The van der Waals surface area contributed by atoms with Crippen LogP contribution in [0.3, 0.4) is 0 Å². The first-order valence-corrected chi connectivity index (χ1v) is 1.41. The van der Waals surface area contributed by atoms with E-state index in [0.29, 0.717) is 0 Å². The average Bonchev–Trinajstić information content (AvgIpc) is 0.811. The van der Waals surface area contributed by atoms with Crippen molar-refractivity contribution in [2.75, 3.05) is 0 Å². The van der Waals surface area contributed by atoms with Gasteiger partial charge in [0, 0.05) is 6.10 Å². The maximum atomic E-state index is 8.06. The molecule has 0 unspecified atom stereocenters. The van der Waals surface area contributed by atoms with E-state index in [9.17, 15) is 0 Å². The summed E-state index contributed by atoms with van der Waals surface area (Å²) in [5.74, 6) is 0. The van der Waals surface area contributed by atoms with Gasteiger partial charge in [-0.15, -0.1) is 0 Å². The van der Waals surface area contributed by atoms with E-state index in [0.717, 1.165) is 0 Å². The van der Waals surface area contributed by atoms with Gasteiger partial charge in [-0.2, -0.15) is 0 Å². The number of rotatable bonds is 0. The van der Waals surface area contributed by atoms with Crippen molar-refractivity contribution in [2.24, 2.45) is 0 Å². The van der Waals surface area contributed by atoms with Crippen LogP contribution in [0.4, 0.5) is 0 Å². The zero-order valence-corrected chi connectivity index (χ0v) is 6.22. The van der Waals surface area contributed by atoms with Crippen LogP contribution in [-0.2, 0) is 21.7 Å². The fourth-order valence-electron chi connectivity index (χ4n) is 0. The minimum absolute atomic E-state index is 0. The largest absolute Gasteiger partial charge is 3.00 e. The van der Waals surface area contributed by atoms with Gasteiger partial charge in [-0.05, 0) is 13.8 Å². The van der Waals surface area contributed by atoms with Crippen molar-refractivity contribution < 1.29 is 40.9 Å². The molecule has 0 saturated carbocycles. The monoisotopic (exact) mass is 165 g/mol. The Balaban J connectivity index is -0.00000000750. The van der Waals surface area contributed by atoms with Crippen LogP contribution in [0.15, 0.2) is 0 Å². The Bertz CT molecular complexity index is 19.2. The summed E-state index contributed by atoms with van der Waals surface area (Å²) in [6.45, 7) is 3.44. The Labute approximate surface area is 61.5 Å². The van der Waals surface area contributed by atoms with Crippen molar-refractivity contribution in [2.45, 2.75) is 20.0 Å². The summed E-state index contributed by atoms with van der Waals surface area (Å²) in [5.41, 5.74) is 0. The number of hydrogen-bond acceptors (Lipinski definition) is 1. The molecule has 0 bridgehead atoms. The van der Waals surface area contributed by atoms with Gasteiger partial charge in [0.2, 0.25) is 0 Å². The van der Waals surface area contributed by atoms with Gasteiger partial charge in [-0.3, -0.25) is 0 Å². The van der Waals surface area contributed by atoms with Crippen LogP contribution in [0.5, 0.6) is 0 Å². The molecule has 0 aromatic carbocycles. The van der Waals surface area contributed by atoms with E-state index in [1.807, 2.05) is 0 Å². The Morgan fingerprint density at radius 3 is 1.00 bits per heavy atom. The van der Waals surface area contributed by atoms with Crippen molar-refractivity contribution in [3.63, 3.8) is 0 Å². The molecule has 0 heterocycles. The van der Waals surface area contributed by atoms with E-state index in [4.69, 9.17) is 5.11 Å². The molecule has 0 spiro atoms. The normalized spacial score (nSPS) is 4.50. The second-order valence-electron chi connectivity index (χ2n) is 1.09. The summed E-state index contributed by atoms with van der Waals surface area (Å²) < 4.78 is 0. The van der Waals surface area contributed by atoms with Gasteiger partial charge in [0.05, 0.1) is 0 Å². The molecule has 5 heteroatoms. The average molecular weight is 165 g/mol. The SMILES string of the molecule is CC(C)O.[F-].[F-].[F-].[Ti+3]. The topological polar surface area (TPSA) is 20.2 Å². The Kier molecular flexibility index (Phi) is 128. The second-order valence-corrected chi connectivity index (χ2v) is 1.09. The third-order valence-corrected chi connectivity index (χ3v) is 0. The molecule has 0 aliphatic heterocycles. The third-order valence-electron chi connectivity index (χ3n) is 0. The van der Waals surface area contributed by atoms with E-state index in [1.165, 1.54) is 0 Å². The molecule has 1 nitrogen and oxygen atoms in total. The minimum Gasteiger partial charge on any atom is -1.00 e. The summed E-state index contributed by atoms with van der Waals surface area (Å²) >= 11 is 0. The van der Waals surface area contributed by atoms with Gasteiger partial charge in [-0.25, -0.2) is 0 Å². The number of aliphatic hydroxyl groups is 1. The Morgan fingerprint density at radius 2 is 1.00 bits per heavy atom. The number of hydrogen-bond donors (Lipinski definition) is 1. The molecule has 0 aliphatic carbocycles. The first-order valence-electron chi connectivity index (χ1n) is 1.41. The molecule has 8 heavy (non-hydrogen) atoms. The summed E-state index contributed by atoms with van der Waals surface area (Å²) in [4.78, 5) is 0. The first kappa shape index (κ1) is 39.3. The van der Waals surface area contributed by atoms with Crippen molar-refractivity contribution in [3.05, 3.63) is 0 Å². The van der Waals surface area contributed by atoms with Crippen molar-refractivity contribution >= 4 is 0 Å². The Hall–Kier alpha value is 0.464. The van der Waals surface area contributed by atoms with Crippen LogP contribution in [0.2, 0.25) is 0 Å². The van der Waals surface area contributed by atoms with Crippen LogP contribution in [0.25, 0.3) is 0 Å². The van der Waals surface area contributed by atoms with Gasteiger partial charge >= 0.3 is 21.7 Å². The van der Waals surface area contributed by atoms with Crippen LogP contribution in [-0.4, -0.2) is 11.2 Å². The quantitative estimate of drug-likeness (QED) is 0.353. The zero-order chi connectivity index (χ0) is 3.58. The molecule has 0 fully saturated rings. The maximum absolute atomic E-state index is 8.06. The van der Waals surface area contributed by atoms with E-state index in [2.05, 4.69) is 0 Å². The van der Waals surface area contributed by atoms with Gasteiger partial charge in [0.1, 0.15) is 0 Å². The van der Waals surface area contributed by atoms with Crippen LogP contribution < -0.4 is 14.1 Å². The minimum atomic E-state index is -0.167. The van der Waals surface area contributed by atoms with Crippen molar-refractivity contribution in [1.82, 2.24) is 0 Å². The van der Waals surface area contributed by atoms with E-state index in [-0.39, 0.29) is 41.9 Å². The van der Waals surface area contributed by atoms with E-state index < -0.39 is 0 Å². The molecule has 0 aromatic heterocycles. The van der Waals surface area contributed by atoms with Gasteiger partial charge in [0.25, 0.3) is 0 Å². The molecule has 0 aromatic rings. The molecular formula is C3H8F3OTi. The predicted molar refractivity (Wildman–Crippen MR) is 17.4 cm³/mol. The summed E-state index contributed by atoms with van der Waals surface area (Å²) in [7, 11) is 0. The summed E-state index contributed by atoms with van der Waals surface area (Å²) in [5, 5.41) is 8.06. The van der Waals surface area contributed by atoms with Crippen LogP contribution in [0, 0.1) is 0 Å². The maximum Gasteiger partial charge on any atom is 3.00 e. The van der Waals surface area contributed by atoms with Crippen molar-refractivity contribution in [1.29, 1.82) is 0 Å². The van der Waals surface area contributed by atoms with Crippen molar-refractivity contribution in [3.8, 4) is 0 Å². The molecule has 1 N–H and O–H groups in total. The van der Waals surface area contributed by atoms with Crippen LogP contribution >= 0.6 is 0 Å². The summed E-state index contributed by atoms with van der Waals surface area (Å²) in [6, 6.07) is 0. The fraction of sp³-hybridized carbons (Fsp3) is 1.00. The number of aliphatic hydroxyl groups excluding tert-OH is 1. The van der Waals surface area contributed by atoms with Gasteiger partial charge < -0.3 is 19.2 Å². The molecule has 0 saturated heterocycles. The molecule has 0 amide bonds. The summed E-state index contributed by atoms with van der Waals surface area (Å²) in [6.07, 6.45) is -0.167. The standard InChI is InChI=1S/C3H8O.3FH.Ti/c1-3(2)4;;;;/h3-4H,1-2H3;3*1H;/q;;;;+3/p-3. The molecule has 0 aliphatic rings. The molecule has 1 radical (unpaired) electrons. The van der Waals surface area contributed by atoms with E-state index in [1.54, 1.807) is 13.8 Å². The molecule has 51 valence electrons. The molecule has 0 atom stereocenters. The van der Waals surface area contributed by atoms with Crippen LogP contribution in [0.1, 0.15) is 13.8 Å². The molecule has 0 rings (SSSR count). The van der Waals surface area contributed by atoms with Gasteiger partial charge in [-0.1, -0.05) is 0 Å². The zero-order valence-electron chi connectivity index (χ0n) is 4.66. The fourth-order valence-corrected chi connectivity index (χ4v) is 0. The second kappa shape index (κ2) is 26.0. The number of halogens is 3. The smallest absolute Gasteiger partial charge is 1.00 e. The van der Waals surface area contributed by atoms with E-state index >= 15 is 0 Å².